The van der Waals surface area contributed by atoms with Gasteiger partial charge in [0.05, 0.1) is 17.2 Å². The molecule has 0 radical (unpaired) electrons. The molecular formula is C58H45N. The number of rotatable bonds is 5. The first-order valence-electron chi connectivity index (χ1n) is 21.0. The first-order valence-corrected chi connectivity index (χ1v) is 21.0. The third-order valence-electron chi connectivity index (χ3n) is 13.6. The molecule has 1 aliphatic heterocycles. The monoisotopic (exact) mass is 755 g/mol. The third-order valence-corrected chi connectivity index (χ3v) is 13.6. The van der Waals surface area contributed by atoms with Crippen LogP contribution in [0.3, 0.4) is 0 Å². The van der Waals surface area contributed by atoms with Crippen LogP contribution in [0.1, 0.15) is 76.9 Å². The molecule has 0 aromatic heterocycles. The van der Waals surface area contributed by atoms with E-state index in [4.69, 9.17) is 4.99 Å². The Morgan fingerprint density at radius 2 is 0.898 bits per heavy atom. The smallest absolute Gasteiger partial charge is 0.0822 e. The Hall–Kier alpha value is -6.83. The second kappa shape index (κ2) is 13.6. The lowest BCUT2D eigenvalue weighted by atomic mass is 9.55. The number of dihydropyridines is 1. The number of fused-ring (bicyclic) bond motifs is 9. The van der Waals surface area contributed by atoms with Crippen LogP contribution in [-0.2, 0) is 10.8 Å². The summed E-state index contributed by atoms with van der Waals surface area (Å²) < 4.78 is 0. The average molecular weight is 756 g/mol. The summed E-state index contributed by atoms with van der Waals surface area (Å²) in [5, 5.41) is 0. The van der Waals surface area contributed by atoms with Gasteiger partial charge in [0, 0.05) is 16.9 Å². The molecule has 11 rings (SSSR count). The van der Waals surface area contributed by atoms with Gasteiger partial charge in [-0.2, -0.15) is 0 Å². The Balaban J connectivity index is 1.19. The van der Waals surface area contributed by atoms with Crippen molar-refractivity contribution in [3.8, 4) is 33.4 Å². The summed E-state index contributed by atoms with van der Waals surface area (Å²) in [6, 6.07) is 74.2. The Bertz CT molecular complexity index is 2900. The molecule has 0 saturated heterocycles. The van der Waals surface area contributed by atoms with Crippen LogP contribution in [0.2, 0.25) is 0 Å². The lowest BCUT2D eigenvalue weighted by Gasteiger charge is -2.46. The van der Waals surface area contributed by atoms with E-state index in [0.717, 1.165) is 5.71 Å². The van der Waals surface area contributed by atoms with E-state index in [0.29, 0.717) is 0 Å². The predicted octanol–water partition coefficient (Wildman–Crippen LogP) is 14.3. The number of aliphatic imine (C=N–C) groups is 1. The van der Waals surface area contributed by atoms with Crippen molar-refractivity contribution in [3.63, 3.8) is 0 Å². The quantitative estimate of drug-likeness (QED) is 0.166. The summed E-state index contributed by atoms with van der Waals surface area (Å²) in [7, 11) is 0. The Labute approximate surface area is 348 Å². The largest absolute Gasteiger partial charge is 0.276 e. The average Bonchev–Trinajstić information content (AvgIpc) is 3.60. The van der Waals surface area contributed by atoms with Gasteiger partial charge in [-0.05, 0) is 95.6 Å². The van der Waals surface area contributed by atoms with Crippen LogP contribution < -0.4 is 0 Å². The molecule has 0 N–H and O–H groups in total. The van der Waals surface area contributed by atoms with Gasteiger partial charge in [0.1, 0.15) is 0 Å². The van der Waals surface area contributed by atoms with Crippen molar-refractivity contribution < 1.29 is 0 Å². The highest BCUT2D eigenvalue weighted by Gasteiger charge is 2.54. The number of nitrogens with zero attached hydrogens (tertiary/aromatic N) is 1. The van der Waals surface area contributed by atoms with Crippen LogP contribution in [0.15, 0.2) is 211 Å². The summed E-state index contributed by atoms with van der Waals surface area (Å²) in [4.78, 5) is 5.73. The minimum Gasteiger partial charge on any atom is -0.276 e. The molecule has 8 aromatic rings. The number of allylic oxidation sites excluding steroid dienone is 1. The van der Waals surface area contributed by atoms with Crippen molar-refractivity contribution >= 4 is 11.3 Å². The first-order chi connectivity index (χ1) is 28.9. The number of hydrogen-bond acceptors (Lipinski definition) is 1. The summed E-state index contributed by atoms with van der Waals surface area (Å²) in [5.41, 5.74) is 20.9. The normalized spacial score (nSPS) is 17.9. The molecule has 1 spiro atoms. The fraction of sp³-hybridized carbons (Fsp3) is 0.121. The highest BCUT2D eigenvalue weighted by Crippen LogP contribution is 2.63. The van der Waals surface area contributed by atoms with Gasteiger partial charge in [0.15, 0.2) is 0 Å². The van der Waals surface area contributed by atoms with Crippen molar-refractivity contribution in [3.05, 3.63) is 256 Å². The van der Waals surface area contributed by atoms with Crippen molar-refractivity contribution in [2.45, 2.75) is 37.6 Å². The molecule has 1 heteroatoms. The van der Waals surface area contributed by atoms with Crippen molar-refractivity contribution in [2.24, 2.45) is 10.9 Å². The fourth-order valence-electron chi connectivity index (χ4n) is 10.7. The second-order valence-corrected chi connectivity index (χ2v) is 17.0. The molecule has 59 heavy (non-hydrogen) atoms. The molecule has 0 saturated carbocycles. The molecule has 2 atom stereocenters. The SMILES string of the molecule is CC1C(c2ccccc2)=CC(c2cccc3c2-c2cc(-c4ccc(-c5ccccc5)cc4)ccc2C32c3ccccc3C(C)(C)c3ccccc32)=NC1c1ccccc1. The Morgan fingerprint density at radius 1 is 0.407 bits per heavy atom. The van der Waals surface area contributed by atoms with E-state index in [1.807, 2.05) is 0 Å². The third kappa shape index (κ3) is 5.34. The van der Waals surface area contributed by atoms with Crippen LogP contribution in [-0.4, -0.2) is 5.71 Å². The summed E-state index contributed by atoms with van der Waals surface area (Å²) >= 11 is 0. The molecule has 2 aliphatic carbocycles. The molecule has 1 heterocycles. The molecule has 0 bridgehead atoms. The molecule has 2 unspecified atom stereocenters. The van der Waals surface area contributed by atoms with Gasteiger partial charge >= 0.3 is 0 Å². The van der Waals surface area contributed by atoms with Gasteiger partial charge in [0.2, 0.25) is 0 Å². The maximum absolute atomic E-state index is 5.73. The number of hydrogen-bond donors (Lipinski definition) is 0. The summed E-state index contributed by atoms with van der Waals surface area (Å²) in [6.45, 7) is 7.12. The van der Waals surface area contributed by atoms with Gasteiger partial charge in [-0.3, -0.25) is 4.99 Å². The lowest BCUT2D eigenvalue weighted by Crippen LogP contribution is -2.40. The molecular weight excluding hydrogens is 711 g/mol. The predicted molar refractivity (Wildman–Crippen MR) is 246 cm³/mol. The summed E-state index contributed by atoms with van der Waals surface area (Å²) in [6.07, 6.45) is 2.39. The Morgan fingerprint density at radius 3 is 1.53 bits per heavy atom. The topological polar surface area (TPSA) is 12.4 Å². The van der Waals surface area contributed by atoms with E-state index in [-0.39, 0.29) is 17.4 Å². The molecule has 0 fully saturated rings. The molecule has 3 aliphatic rings. The van der Waals surface area contributed by atoms with Gasteiger partial charge in [-0.25, -0.2) is 0 Å². The van der Waals surface area contributed by atoms with Crippen LogP contribution >= 0.6 is 0 Å². The Kier molecular flexibility index (Phi) is 8.17. The maximum Gasteiger partial charge on any atom is 0.0822 e. The van der Waals surface area contributed by atoms with E-state index in [1.54, 1.807) is 0 Å². The minimum absolute atomic E-state index is 0.0245. The minimum atomic E-state index is -0.508. The maximum atomic E-state index is 5.73. The molecule has 8 aromatic carbocycles. The standard InChI is InChI=1S/C58H45N/c1-38-46(42-20-9-5-10-21-42)37-54(59-56(38)43-22-11-6-12-23-43)45-24-17-29-53-55(45)47-36-44(41-32-30-40(31-33-41)39-18-7-4-8-19-39)34-35-48(47)58(53)51-27-15-13-25-49(51)57(2,3)50-26-14-16-28-52(50)58/h4-38,56H,1-3H3. The second-order valence-electron chi connectivity index (χ2n) is 17.0. The van der Waals surface area contributed by atoms with Gasteiger partial charge < -0.3 is 0 Å². The first kappa shape index (κ1) is 35.3. The van der Waals surface area contributed by atoms with E-state index >= 15 is 0 Å². The fourth-order valence-corrected chi connectivity index (χ4v) is 10.7. The molecule has 1 nitrogen and oxygen atoms in total. The number of benzene rings is 8. The van der Waals surface area contributed by atoms with Crippen molar-refractivity contribution in [2.75, 3.05) is 0 Å². The van der Waals surface area contributed by atoms with Gasteiger partial charge in [-0.15, -0.1) is 0 Å². The highest BCUT2D eigenvalue weighted by molar-refractivity contribution is 6.18. The van der Waals surface area contributed by atoms with E-state index in [2.05, 4.69) is 227 Å². The van der Waals surface area contributed by atoms with E-state index in [9.17, 15) is 0 Å². The van der Waals surface area contributed by atoms with Gasteiger partial charge in [-0.1, -0.05) is 215 Å². The molecule has 0 amide bonds. The van der Waals surface area contributed by atoms with Crippen LogP contribution in [0.5, 0.6) is 0 Å². The van der Waals surface area contributed by atoms with Crippen LogP contribution in [0.25, 0.3) is 39.0 Å². The molecule has 282 valence electrons. The van der Waals surface area contributed by atoms with E-state index < -0.39 is 5.41 Å². The van der Waals surface area contributed by atoms with E-state index in [1.165, 1.54) is 89.0 Å². The zero-order chi connectivity index (χ0) is 39.7. The van der Waals surface area contributed by atoms with Gasteiger partial charge in [0.25, 0.3) is 0 Å². The van der Waals surface area contributed by atoms with Crippen molar-refractivity contribution in [1.82, 2.24) is 0 Å². The van der Waals surface area contributed by atoms with Crippen molar-refractivity contribution in [1.29, 1.82) is 0 Å². The van der Waals surface area contributed by atoms with Crippen LogP contribution in [0.4, 0.5) is 0 Å². The zero-order valence-corrected chi connectivity index (χ0v) is 33.7. The summed E-state index contributed by atoms with van der Waals surface area (Å²) in [5.74, 6) is 0.198. The lowest BCUT2D eigenvalue weighted by molar-refractivity contribution is 0.563. The zero-order valence-electron chi connectivity index (χ0n) is 33.7. The van der Waals surface area contributed by atoms with Crippen LogP contribution in [0, 0.1) is 5.92 Å². The highest BCUT2D eigenvalue weighted by atomic mass is 14.8.